The van der Waals surface area contributed by atoms with Gasteiger partial charge in [0.1, 0.15) is 11.8 Å². The van der Waals surface area contributed by atoms with E-state index in [0.29, 0.717) is 18.5 Å². The lowest BCUT2D eigenvalue weighted by molar-refractivity contribution is -0.136. The van der Waals surface area contributed by atoms with E-state index in [0.717, 1.165) is 63.1 Å². The Labute approximate surface area is 193 Å². The number of hydrogen-bond acceptors (Lipinski definition) is 7. The molecule has 33 heavy (non-hydrogen) atoms. The highest BCUT2D eigenvalue weighted by Crippen LogP contribution is 2.33. The molecule has 3 aliphatic heterocycles. The summed E-state index contributed by atoms with van der Waals surface area (Å²) in [5.41, 5.74) is 0.430. The zero-order valence-electron chi connectivity index (χ0n) is 18.8. The average molecular weight is 458 g/mol. The van der Waals surface area contributed by atoms with E-state index in [1.165, 1.54) is 0 Å². The van der Waals surface area contributed by atoms with Crippen LogP contribution < -0.4 is 15.4 Å². The summed E-state index contributed by atoms with van der Waals surface area (Å²) in [5, 5.41) is 5.53. The molecule has 1 aromatic carbocycles. The number of unbranched alkanes of at least 4 members (excludes halogenated alkanes) is 3. The van der Waals surface area contributed by atoms with Gasteiger partial charge in [-0.2, -0.15) is 0 Å². The normalized spacial score (nSPS) is 21.3. The molecule has 2 saturated heterocycles. The van der Waals surface area contributed by atoms with E-state index in [4.69, 9.17) is 9.47 Å². The molecule has 4 amide bonds. The maximum atomic E-state index is 13.0. The molecule has 0 aliphatic carbocycles. The van der Waals surface area contributed by atoms with Crippen molar-refractivity contribution in [3.63, 3.8) is 0 Å². The number of nitrogens with zero attached hydrogens (tertiary/aromatic N) is 1. The van der Waals surface area contributed by atoms with Crippen molar-refractivity contribution in [3.05, 3.63) is 29.3 Å². The van der Waals surface area contributed by atoms with Crippen molar-refractivity contribution in [1.82, 2.24) is 15.5 Å². The molecule has 0 saturated carbocycles. The Morgan fingerprint density at radius 2 is 1.67 bits per heavy atom. The van der Waals surface area contributed by atoms with Crippen LogP contribution in [-0.4, -0.2) is 67.0 Å². The number of ether oxygens (including phenoxy) is 2. The van der Waals surface area contributed by atoms with E-state index >= 15 is 0 Å². The zero-order valence-corrected chi connectivity index (χ0v) is 18.8. The Morgan fingerprint density at radius 1 is 0.909 bits per heavy atom. The van der Waals surface area contributed by atoms with Gasteiger partial charge >= 0.3 is 0 Å². The summed E-state index contributed by atoms with van der Waals surface area (Å²) in [4.78, 5) is 50.5. The second-order valence-corrected chi connectivity index (χ2v) is 8.71. The molecule has 2 fully saturated rings. The number of carbonyl (C=O) groups is 4. The van der Waals surface area contributed by atoms with Gasteiger partial charge in [0, 0.05) is 13.0 Å². The number of piperidine rings is 2. The van der Waals surface area contributed by atoms with Crippen molar-refractivity contribution in [1.29, 1.82) is 0 Å². The van der Waals surface area contributed by atoms with Crippen LogP contribution in [0.15, 0.2) is 18.2 Å². The van der Waals surface area contributed by atoms with Crippen LogP contribution in [0.25, 0.3) is 0 Å². The maximum Gasteiger partial charge on any atom is 0.266 e. The third kappa shape index (κ3) is 5.42. The molecule has 0 spiro atoms. The minimum absolute atomic E-state index is 0.0933. The van der Waals surface area contributed by atoms with E-state index in [9.17, 15) is 19.2 Å². The van der Waals surface area contributed by atoms with Crippen molar-refractivity contribution in [2.24, 2.45) is 0 Å². The SMILES string of the molecule is O=C1CCC(N2C(=O)c3cccc(OCCCCCCOC4CCNCC4)c3C2=O)C(=O)N1. The van der Waals surface area contributed by atoms with Crippen LogP contribution in [0.2, 0.25) is 0 Å². The van der Waals surface area contributed by atoms with Crippen LogP contribution in [0.3, 0.4) is 0 Å². The molecule has 0 bridgehead atoms. The number of nitrogens with one attached hydrogen (secondary N) is 2. The molecule has 1 aromatic rings. The Bertz CT molecular complexity index is 911. The van der Waals surface area contributed by atoms with E-state index in [-0.39, 0.29) is 24.0 Å². The summed E-state index contributed by atoms with van der Waals surface area (Å²) >= 11 is 0. The number of amides is 4. The van der Waals surface area contributed by atoms with Crippen LogP contribution in [-0.2, 0) is 14.3 Å². The molecule has 0 aromatic heterocycles. The van der Waals surface area contributed by atoms with Gasteiger partial charge in [-0.05, 0) is 63.7 Å². The van der Waals surface area contributed by atoms with Crippen molar-refractivity contribution in [2.45, 2.75) is 63.5 Å². The Balaban J connectivity index is 1.24. The van der Waals surface area contributed by atoms with Crippen LogP contribution in [0.5, 0.6) is 5.75 Å². The van der Waals surface area contributed by atoms with Crippen LogP contribution >= 0.6 is 0 Å². The number of benzene rings is 1. The first-order valence-corrected chi connectivity index (χ1v) is 11.9. The molecule has 178 valence electrons. The average Bonchev–Trinajstić information content (AvgIpc) is 3.07. The summed E-state index contributed by atoms with van der Waals surface area (Å²) in [5.74, 6) is -1.73. The largest absolute Gasteiger partial charge is 0.493 e. The maximum absolute atomic E-state index is 13.0. The number of imide groups is 2. The van der Waals surface area contributed by atoms with Gasteiger partial charge in [-0.1, -0.05) is 12.5 Å². The Hall–Kier alpha value is -2.78. The van der Waals surface area contributed by atoms with Crippen molar-refractivity contribution < 1.29 is 28.7 Å². The molecule has 3 aliphatic rings. The topological polar surface area (TPSA) is 114 Å². The van der Waals surface area contributed by atoms with Crippen LogP contribution in [0, 0.1) is 0 Å². The molecule has 9 nitrogen and oxygen atoms in total. The summed E-state index contributed by atoms with van der Waals surface area (Å²) in [6, 6.07) is 3.93. The van der Waals surface area contributed by atoms with Crippen LogP contribution in [0.4, 0.5) is 0 Å². The summed E-state index contributed by atoms with van der Waals surface area (Å²) in [6.45, 7) is 3.28. The van der Waals surface area contributed by atoms with E-state index in [1.54, 1.807) is 18.2 Å². The highest BCUT2D eigenvalue weighted by Gasteiger charge is 2.45. The van der Waals surface area contributed by atoms with Gasteiger partial charge in [0.25, 0.3) is 11.8 Å². The fourth-order valence-electron chi connectivity index (χ4n) is 4.56. The third-order valence-corrected chi connectivity index (χ3v) is 6.37. The highest BCUT2D eigenvalue weighted by molar-refractivity contribution is 6.24. The second-order valence-electron chi connectivity index (χ2n) is 8.71. The number of hydrogen-bond donors (Lipinski definition) is 2. The van der Waals surface area contributed by atoms with Gasteiger partial charge < -0.3 is 14.8 Å². The smallest absolute Gasteiger partial charge is 0.266 e. The molecule has 1 atom stereocenters. The molecule has 0 radical (unpaired) electrons. The molecule has 9 heteroatoms. The number of carbonyl (C=O) groups excluding carboxylic acids is 4. The van der Waals surface area contributed by atoms with Gasteiger partial charge in [-0.3, -0.25) is 29.4 Å². The Morgan fingerprint density at radius 3 is 2.42 bits per heavy atom. The molecular weight excluding hydrogens is 426 g/mol. The van der Waals surface area contributed by atoms with Gasteiger partial charge in [-0.25, -0.2) is 0 Å². The first kappa shape index (κ1) is 23.4. The molecule has 3 heterocycles. The standard InChI is InChI=1S/C24H31N3O6/c28-20-9-8-18(22(29)26-20)27-23(30)17-6-5-7-19(21(17)24(27)31)33-15-4-2-1-3-14-32-16-10-12-25-13-11-16/h5-7,16,18,25H,1-4,8-15H2,(H,26,28,29). The van der Waals surface area contributed by atoms with E-state index < -0.39 is 29.7 Å². The first-order valence-electron chi connectivity index (χ1n) is 11.9. The van der Waals surface area contributed by atoms with Gasteiger partial charge in [0.15, 0.2) is 0 Å². The lowest BCUT2D eigenvalue weighted by atomic mass is 10.0. The van der Waals surface area contributed by atoms with Crippen molar-refractivity contribution in [2.75, 3.05) is 26.3 Å². The molecular formula is C24H31N3O6. The minimum atomic E-state index is -0.977. The summed E-state index contributed by atoms with van der Waals surface area (Å²) < 4.78 is 11.8. The fraction of sp³-hybridized carbons (Fsp3) is 0.583. The lowest BCUT2D eigenvalue weighted by Crippen LogP contribution is -2.54. The van der Waals surface area contributed by atoms with E-state index in [1.807, 2.05) is 0 Å². The monoisotopic (exact) mass is 457 g/mol. The fourth-order valence-corrected chi connectivity index (χ4v) is 4.56. The molecule has 2 N–H and O–H groups in total. The first-order chi connectivity index (χ1) is 16.1. The third-order valence-electron chi connectivity index (χ3n) is 6.37. The van der Waals surface area contributed by atoms with Crippen molar-refractivity contribution in [3.8, 4) is 5.75 Å². The predicted molar refractivity (Wildman–Crippen MR) is 119 cm³/mol. The second kappa shape index (κ2) is 10.9. The quantitative estimate of drug-likeness (QED) is 0.407. The minimum Gasteiger partial charge on any atom is -0.493 e. The Kier molecular flexibility index (Phi) is 7.72. The van der Waals surface area contributed by atoms with Gasteiger partial charge in [0.2, 0.25) is 11.8 Å². The zero-order chi connectivity index (χ0) is 23.2. The summed E-state index contributed by atoms with van der Waals surface area (Å²) in [6.07, 6.45) is 6.64. The highest BCUT2D eigenvalue weighted by atomic mass is 16.5. The number of rotatable bonds is 10. The van der Waals surface area contributed by atoms with Gasteiger partial charge in [0.05, 0.1) is 23.8 Å². The number of fused-ring (bicyclic) bond motifs is 1. The van der Waals surface area contributed by atoms with E-state index in [2.05, 4.69) is 10.6 Å². The lowest BCUT2D eigenvalue weighted by Gasteiger charge is -2.27. The molecule has 1 unspecified atom stereocenters. The summed E-state index contributed by atoms with van der Waals surface area (Å²) in [7, 11) is 0. The van der Waals surface area contributed by atoms with Gasteiger partial charge in [-0.15, -0.1) is 0 Å². The van der Waals surface area contributed by atoms with Crippen LogP contribution in [0.1, 0.15) is 72.1 Å². The predicted octanol–water partition coefficient (Wildman–Crippen LogP) is 1.80. The molecule has 4 rings (SSSR count). The van der Waals surface area contributed by atoms with Crippen molar-refractivity contribution >= 4 is 23.6 Å².